The van der Waals surface area contributed by atoms with Crippen LogP contribution < -0.4 is 0 Å². The smallest absolute Gasteiger partial charge is 0.158 e. The molecule has 0 radical (unpaired) electrons. The molecule has 0 N–H and O–H groups in total. The highest BCUT2D eigenvalue weighted by molar-refractivity contribution is 8.00. The van der Waals surface area contributed by atoms with Gasteiger partial charge < -0.3 is 9.47 Å². The maximum absolute atomic E-state index is 12.3. The van der Waals surface area contributed by atoms with Crippen LogP contribution in [0.4, 0.5) is 0 Å². The number of nitrogens with zero attached hydrogens (tertiary/aromatic N) is 2. The number of ketones is 1. The van der Waals surface area contributed by atoms with Crippen molar-refractivity contribution < 1.29 is 4.79 Å². The Morgan fingerprint density at radius 2 is 1.93 bits per heavy atom. The number of carbonyl (C=O) groups is 1. The molecule has 28 heavy (non-hydrogen) atoms. The van der Waals surface area contributed by atoms with Crippen molar-refractivity contribution in [3.63, 3.8) is 0 Å². The number of carbonyl (C=O) groups excluding carboxylic acids is 1. The van der Waals surface area contributed by atoms with E-state index in [-0.39, 0.29) is 17.1 Å². The molecule has 3 nitrogen and oxygen atoms in total. The summed E-state index contributed by atoms with van der Waals surface area (Å²) in [4.78, 5) is 14.6. The fraction of sp³-hybridized carbons (Fsp3) is 0.208. The summed E-state index contributed by atoms with van der Waals surface area (Å²) in [6, 6.07) is 19.4. The zero-order valence-electron chi connectivity index (χ0n) is 15.8. The third kappa shape index (κ3) is 2.55. The van der Waals surface area contributed by atoms with Crippen LogP contribution >= 0.6 is 11.8 Å². The van der Waals surface area contributed by atoms with Gasteiger partial charge in [-0.05, 0) is 31.5 Å². The van der Waals surface area contributed by atoms with Crippen molar-refractivity contribution in [2.24, 2.45) is 0 Å². The summed E-state index contributed by atoms with van der Waals surface area (Å²) in [5.74, 6) is 0.163. The second-order valence-electron chi connectivity index (χ2n) is 7.39. The Morgan fingerprint density at radius 1 is 1.18 bits per heavy atom. The molecule has 0 amide bonds. The fourth-order valence-electron chi connectivity index (χ4n) is 4.51. The van der Waals surface area contributed by atoms with Crippen LogP contribution in [0.1, 0.15) is 24.9 Å². The number of fused-ring (bicyclic) bond motifs is 6. The van der Waals surface area contributed by atoms with Gasteiger partial charge in [-0.15, -0.1) is 6.58 Å². The van der Waals surface area contributed by atoms with Gasteiger partial charge in [-0.3, -0.25) is 4.79 Å². The largest absolute Gasteiger partial charge is 0.366 e. The number of para-hydroxylation sites is 2. The van der Waals surface area contributed by atoms with Crippen molar-refractivity contribution in [3.05, 3.63) is 84.6 Å². The highest BCUT2D eigenvalue weighted by atomic mass is 32.2. The summed E-state index contributed by atoms with van der Waals surface area (Å²) in [5, 5.41) is 2.75. The molecule has 3 heterocycles. The lowest BCUT2D eigenvalue weighted by atomic mass is 9.91. The van der Waals surface area contributed by atoms with Gasteiger partial charge in [-0.1, -0.05) is 54.2 Å². The first-order valence-electron chi connectivity index (χ1n) is 9.63. The summed E-state index contributed by atoms with van der Waals surface area (Å²) in [6.07, 6.45) is 4.96. The minimum atomic E-state index is 0.163. The number of thioether (sulfide) groups is 1. The van der Waals surface area contributed by atoms with Gasteiger partial charge in [0.1, 0.15) is 0 Å². The third-order valence-electron chi connectivity index (χ3n) is 5.71. The molecule has 2 aromatic carbocycles. The van der Waals surface area contributed by atoms with Crippen molar-refractivity contribution in [1.29, 1.82) is 0 Å². The van der Waals surface area contributed by atoms with Gasteiger partial charge in [0.05, 0.1) is 16.6 Å². The molecule has 2 aliphatic heterocycles. The van der Waals surface area contributed by atoms with Crippen molar-refractivity contribution in [2.75, 3.05) is 6.54 Å². The predicted molar refractivity (Wildman–Crippen MR) is 116 cm³/mol. The van der Waals surface area contributed by atoms with E-state index in [1.165, 1.54) is 21.5 Å². The second kappa shape index (κ2) is 6.71. The number of hydrogen-bond acceptors (Lipinski definition) is 3. The van der Waals surface area contributed by atoms with Gasteiger partial charge >= 0.3 is 0 Å². The molecule has 2 bridgehead atoms. The van der Waals surface area contributed by atoms with Crippen molar-refractivity contribution in [1.82, 2.24) is 9.47 Å². The van der Waals surface area contributed by atoms with E-state index >= 15 is 0 Å². The Hall–Kier alpha value is -2.72. The average molecular weight is 387 g/mol. The van der Waals surface area contributed by atoms with Gasteiger partial charge in [0.25, 0.3) is 0 Å². The monoisotopic (exact) mass is 386 g/mol. The first kappa shape index (κ1) is 17.4. The lowest BCUT2D eigenvalue weighted by Crippen LogP contribution is -2.37. The van der Waals surface area contributed by atoms with Crippen LogP contribution in [0.15, 0.2) is 84.1 Å². The summed E-state index contributed by atoms with van der Waals surface area (Å²) in [5.41, 5.74) is 4.68. The van der Waals surface area contributed by atoms with Crippen LogP contribution in [-0.2, 0) is 4.79 Å². The third-order valence-corrected chi connectivity index (χ3v) is 7.06. The normalized spacial score (nSPS) is 20.6. The Morgan fingerprint density at radius 3 is 2.68 bits per heavy atom. The molecule has 5 rings (SSSR count). The summed E-state index contributed by atoms with van der Waals surface area (Å²) >= 11 is 1.84. The first-order valence-corrected chi connectivity index (χ1v) is 10.5. The molecule has 0 saturated heterocycles. The molecule has 0 fully saturated rings. The molecule has 140 valence electrons. The minimum absolute atomic E-state index is 0.163. The lowest BCUT2D eigenvalue weighted by molar-refractivity contribution is -0.113. The summed E-state index contributed by atoms with van der Waals surface area (Å²) < 4.78 is 2.36. The van der Waals surface area contributed by atoms with Crippen molar-refractivity contribution >= 4 is 28.4 Å². The highest BCUT2D eigenvalue weighted by Gasteiger charge is 2.41. The molecular weight excluding hydrogens is 364 g/mol. The van der Waals surface area contributed by atoms with Gasteiger partial charge in [-0.2, -0.15) is 0 Å². The molecule has 0 aliphatic carbocycles. The predicted octanol–water partition coefficient (Wildman–Crippen LogP) is 5.51. The Balaban J connectivity index is 1.79. The zero-order valence-corrected chi connectivity index (χ0v) is 16.7. The van der Waals surface area contributed by atoms with Gasteiger partial charge in [0, 0.05) is 40.2 Å². The molecule has 2 aliphatic rings. The zero-order chi connectivity index (χ0) is 19.3. The number of hydrogen-bond donors (Lipinski definition) is 0. The number of aromatic nitrogens is 1. The number of Topliss-reactive ketones (excluding diaryl/α,β-unsaturated/α-hetero) is 1. The molecule has 2 atom stereocenters. The standard InChI is InChI=1S/C24H22N2OS/c1-3-13-25-15-19(16(2)27)22-14-21(25)23-18-11-7-8-12-20(18)26(24(23)28-22)17-9-5-4-6-10-17/h3-12,15,21-22H,1,13-14H2,2H3. The number of benzene rings is 2. The minimum Gasteiger partial charge on any atom is -0.366 e. The Bertz CT molecular complexity index is 1110. The maximum Gasteiger partial charge on any atom is 0.158 e. The molecule has 0 spiro atoms. The second-order valence-corrected chi connectivity index (χ2v) is 8.58. The quantitative estimate of drug-likeness (QED) is 0.553. The van der Waals surface area contributed by atoms with E-state index in [0.29, 0.717) is 0 Å². The van der Waals surface area contributed by atoms with Crippen molar-refractivity contribution in [3.8, 4) is 5.69 Å². The number of rotatable bonds is 4. The summed E-state index contributed by atoms with van der Waals surface area (Å²) in [6.45, 7) is 6.36. The van der Waals surface area contributed by atoms with Crippen molar-refractivity contribution in [2.45, 2.75) is 29.7 Å². The van der Waals surface area contributed by atoms with Crippen LogP contribution in [-0.4, -0.2) is 27.0 Å². The molecule has 2 unspecified atom stereocenters. The molecular formula is C24H22N2OS. The molecule has 3 aromatic rings. The Kier molecular flexibility index (Phi) is 4.17. The van der Waals surface area contributed by atoms with E-state index in [1.54, 1.807) is 6.92 Å². The van der Waals surface area contributed by atoms with E-state index in [2.05, 4.69) is 70.8 Å². The lowest BCUT2D eigenvalue weighted by Gasteiger charge is -2.42. The van der Waals surface area contributed by atoms with Crippen LogP contribution in [0.2, 0.25) is 0 Å². The Labute approximate surface area is 169 Å². The SMILES string of the molecule is C=CCN1C=C(C(C)=O)C2CC1c1c(n(-c3ccccc3)c3ccccc13)S2. The maximum atomic E-state index is 12.3. The van der Waals surface area contributed by atoms with Gasteiger partial charge in [0.2, 0.25) is 0 Å². The first-order chi connectivity index (χ1) is 13.7. The van der Waals surface area contributed by atoms with Gasteiger partial charge in [-0.25, -0.2) is 0 Å². The molecule has 4 heteroatoms. The van der Waals surface area contributed by atoms with Crippen LogP contribution in [0.3, 0.4) is 0 Å². The molecule has 1 aromatic heterocycles. The summed E-state index contributed by atoms with van der Waals surface area (Å²) in [7, 11) is 0. The fourth-order valence-corrected chi connectivity index (χ4v) is 6.09. The van der Waals surface area contributed by atoms with E-state index in [4.69, 9.17) is 0 Å². The van der Waals surface area contributed by atoms with Crippen LogP contribution in [0, 0.1) is 0 Å². The van der Waals surface area contributed by atoms with Crippen LogP contribution in [0.25, 0.3) is 16.6 Å². The van der Waals surface area contributed by atoms with Gasteiger partial charge in [0.15, 0.2) is 5.78 Å². The van der Waals surface area contributed by atoms with E-state index in [1.807, 2.05) is 23.9 Å². The van der Waals surface area contributed by atoms with Crippen LogP contribution in [0.5, 0.6) is 0 Å². The average Bonchev–Trinajstić information content (AvgIpc) is 3.04. The van der Waals surface area contributed by atoms with E-state index in [0.717, 1.165) is 24.2 Å². The van der Waals surface area contributed by atoms with E-state index < -0.39 is 0 Å². The highest BCUT2D eigenvalue weighted by Crippen LogP contribution is 2.53. The topological polar surface area (TPSA) is 25.2 Å². The van der Waals surface area contributed by atoms with E-state index in [9.17, 15) is 4.79 Å². The molecule has 0 saturated carbocycles.